The van der Waals surface area contributed by atoms with Crippen LogP contribution in [0.4, 0.5) is 0 Å². The molecule has 1 aromatic carbocycles. The van der Waals surface area contributed by atoms with Gasteiger partial charge in [-0.15, -0.1) is 0 Å². The Hall–Kier alpha value is -1.88. The maximum absolute atomic E-state index is 11.6. The molecule has 3 atom stereocenters. The summed E-state index contributed by atoms with van der Waals surface area (Å²) in [5.74, 6) is -1.89. The number of piperidine rings is 1. The van der Waals surface area contributed by atoms with Crippen molar-refractivity contribution in [3.63, 3.8) is 0 Å². The molecule has 21 heavy (non-hydrogen) atoms. The molecule has 1 aliphatic rings. The quantitative estimate of drug-likeness (QED) is 0.859. The molecule has 0 aromatic heterocycles. The lowest BCUT2D eigenvalue weighted by Crippen LogP contribution is -2.47. The first-order chi connectivity index (χ1) is 9.99. The summed E-state index contributed by atoms with van der Waals surface area (Å²) in [6.07, 6.45) is 1.66. The predicted molar refractivity (Wildman–Crippen MR) is 79.8 cm³/mol. The van der Waals surface area contributed by atoms with Gasteiger partial charge in [-0.05, 0) is 25.3 Å². The Bertz CT molecular complexity index is 504. The Morgan fingerprint density at radius 1 is 1.33 bits per heavy atom. The van der Waals surface area contributed by atoms with Crippen LogP contribution >= 0.6 is 0 Å². The van der Waals surface area contributed by atoms with Crippen LogP contribution in [0, 0.1) is 5.92 Å². The van der Waals surface area contributed by atoms with Crippen LogP contribution in [-0.2, 0) is 9.59 Å². The Balaban J connectivity index is 2.12. The van der Waals surface area contributed by atoms with E-state index in [-0.39, 0.29) is 17.9 Å². The van der Waals surface area contributed by atoms with E-state index >= 15 is 0 Å². The molecule has 0 saturated carbocycles. The van der Waals surface area contributed by atoms with E-state index in [4.69, 9.17) is 5.73 Å². The number of aliphatic carboxylic acids is 1. The topological polar surface area (TPSA) is 83.6 Å². The molecule has 1 heterocycles. The van der Waals surface area contributed by atoms with E-state index in [1.807, 2.05) is 30.3 Å². The fourth-order valence-corrected chi connectivity index (χ4v) is 2.91. The third-order valence-electron chi connectivity index (χ3n) is 4.33. The van der Waals surface area contributed by atoms with E-state index in [1.165, 1.54) is 0 Å². The van der Waals surface area contributed by atoms with E-state index < -0.39 is 11.9 Å². The van der Waals surface area contributed by atoms with Gasteiger partial charge in [0.1, 0.15) is 0 Å². The second-order valence-electron chi connectivity index (χ2n) is 5.78. The SMILES string of the molecule is CC1CCC(C(N)=O)CN1CC(C(=O)O)c1ccccc1. The molecule has 1 amide bonds. The number of amides is 1. The molecule has 1 fully saturated rings. The number of hydrogen-bond donors (Lipinski definition) is 2. The van der Waals surface area contributed by atoms with Gasteiger partial charge in [0.25, 0.3) is 0 Å². The molecule has 5 nitrogen and oxygen atoms in total. The first-order valence-corrected chi connectivity index (χ1v) is 7.30. The van der Waals surface area contributed by atoms with E-state index in [9.17, 15) is 14.7 Å². The molecule has 0 bridgehead atoms. The molecule has 3 N–H and O–H groups in total. The highest BCUT2D eigenvalue weighted by molar-refractivity contribution is 5.77. The Kier molecular flexibility index (Phi) is 4.96. The predicted octanol–water partition coefficient (Wildman–Crippen LogP) is 1.44. The maximum Gasteiger partial charge on any atom is 0.312 e. The average Bonchev–Trinajstić information content (AvgIpc) is 2.46. The summed E-state index contributed by atoms with van der Waals surface area (Å²) in [4.78, 5) is 25.0. The third kappa shape index (κ3) is 3.82. The minimum Gasteiger partial charge on any atom is -0.481 e. The first kappa shape index (κ1) is 15.5. The normalized spacial score (nSPS) is 24.4. The summed E-state index contributed by atoms with van der Waals surface area (Å²) in [5, 5.41) is 9.50. The lowest BCUT2D eigenvalue weighted by molar-refractivity contribution is -0.139. The second kappa shape index (κ2) is 6.72. The third-order valence-corrected chi connectivity index (χ3v) is 4.33. The molecular weight excluding hydrogens is 268 g/mol. The van der Waals surface area contributed by atoms with Crippen molar-refractivity contribution in [2.75, 3.05) is 13.1 Å². The van der Waals surface area contributed by atoms with Crippen molar-refractivity contribution in [1.29, 1.82) is 0 Å². The summed E-state index contributed by atoms with van der Waals surface area (Å²) in [6, 6.07) is 9.49. The van der Waals surface area contributed by atoms with Crippen LogP contribution in [0.3, 0.4) is 0 Å². The summed E-state index contributed by atoms with van der Waals surface area (Å²) in [6.45, 7) is 3.03. The van der Waals surface area contributed by atoms with E-state index in [0.29, 0.717) is 13.1 Å². The summed E-state index contributed by atoms with van der Waals surface area (Å²) in [5.41, 5.74) is 6.18. The smallest absolute Gasteiger partial charge is 0.312 e. The number of benzene rings is 1. The molecule has 114 valence electrons. The van der Waals surface area contributed by atoms with Crippen LogP contribution in [0.1, 0.15) is 31.2 Å². The highest BCUT2D eigenvalue weighted by atomic mass is 16.4. The Morgan fingerprint density at radius 2 is 2.00 bits per heavy atom. The van der Waals surface area contributed by atoms with Crippen molar-refractivity contribution in [1.82, 2.24) is 4.90 Å². The number of primary amides is 1. The van der Waals surface area contributed by atoms with Gasteiger partial charge in [-0.25, -0.2) is 0 Å². The standard InChI is InChI=1S/C16H22N2O3/c1-11-7-8-13(15(17)19)9-18(11)10-14(16(20)21)12-5-3-2-4-6-12/h2-6,11,13-14H,7-10H2,1H3,(H2,17,19)(H,20,21). The van der Waals surface area contributed by atoms with Crippen LogP contribution in [0.15, 0.2) is 30.3 Å². The van der Waals surface area contributed by atoms with Gasteiger partial charge < -0.3 is 10.8 Å². The molecule has 2 rings (SSSR count). The largest absolute Gasteiger partial charge is 0.481 e. The minimum absolute atomic E-state index is 0.175. The number of likely N-dealkylation sites (tertiary alicyclic amines) is 1. The van der Waals surface area contributed by atoms with Crippen LogP contribution in [-0.4, -0.2) is 41.0 Å². The molecule has 5 heteroatoms. The molecule has 0 aliphatic carbocycles. The van der Waals surface area contributed by atoms with Gasteiger partial charge >= 0.3 is 5.97 Å². The highest BCUT2D eigenvalue weighted by Gasteiger charge is 2.32. The number of carbonyl (C=O) groups is 2. The molecule has 0 radical (unpaired) electrons. The van der Waals surface area contributed by atoms with E-state index in [1.54, 1.807) is 0 Å². The lowest BCUT2D eigenvalue weighted by Gasteiger charge is -2.38. The number of carboxylic acids is 1. The van der Waals surface area contributed by atoms with Crippen molar-refractivity contribution in [3.05, 3.63) is 35.9 Å². The van der Waals surface area contributed by atoms with Crippen LogP contribution in [0.5, 0.6) is 0 Å². The summed E-state index contributed by atoms with van der Waals surface area (Å²) in [7, 11) is 0. The molecule has 1 saturated heterocycles. The van der Waals surface area contributed by atoms with Crippen LogP contribution in [0.25, 0.3) is 0 Å². The fraction of sp³-hybridized carbons (Fsp3) is 0.500. The fourth-order valence-electron chi connectivity index (χ4n) is 2.91. The van der Waals surface area contributed by atoms with E-state index in [0.717, 1.165) is 18.4 Å². The van der Waals surface area contributed by atoms with Crippen molar-refractivity contribution >= 4 is 11.9 Å². The van der Waals surface area contributed by atoms with Gasteiger partial charge in [0.05, 0.1) is 11.8 Å². The second-order valence-corrected chi connectivity index (χ2v) is 5.78. The highest BCUT2D eigenvalue weighted by Crippen LogP contribution is 2.25. The van der Waals surface area contributed by atoms with Gasteiger partial charge in [0.2, 0.25) is 5.91 Å². The van der Waals surface area contributed by atoms with Crippen molar-refractivity contribution < 1.29 is 14.7 Å². The summed E-state index contributed by atoms with van der Waals surface area (Å²) < 4.78 is 0. The Labute approximate surface area is 124 Å². The van der Waals surface area contributed by atoms with Gasteiger partial charge in [-0.3, -0.25) is 14.5 Å². The van der Waals surface area contributed by atoms with Crippen LogP contribution in [0.2, 0.25) is 0 Å². The molecule has 3 unspecified atom stereocenters. The van der Waals surface area contributed by atoms with Gasteiger partial charge in [-0.2, -0.15) is 0 Å². The number of nitrogens with two attached hydrogens (primary N) is 1. The monoisotopic (exact) mass is 290 g/mol. The average molecular weight is 290 g/mol. The number of nitrogens with zero attached hydrogens (tertiary/aromatic N) is 1. The molecule has 1 aliphatic heterocycles. The number of carbonyl (C=O) groups excluding carboxylic acids is 1. The summed E-state index contributed by atoms with van der Waals surface area (Å²) >= 11 is 0. The zero-order valence-corrected chi connectivity index (χ0v) is 12.2. The van der Waals surface area contributed by atoms with Gasteiger partial charge in [-0.1, -0.05) is 30.3 Å². The zero-order valence-electron chi connectivity index (χ0n) is 12.2. The van der Waals surface area contributed by atoms with Crippen LogP contribution < -0.4 is 5.73 Å². The molecule has 0 spiro atoms. The number of hydrogen-bond acceptors (Lipinski definition) is 3. The van der Waals surface area contributed by atoms with Gasteiger partial charge in [0, 0.05) is 19.1 Å². The minimum atomic E-state index is -0.838. The maximum atomic E-state index is 11.6. The Morgan fingerprint density at radius 3 is 2.57 bits per heavy atom. The number of rotatable bonds is 5. The van der Waals surface area contributed by atoms with Crippen molar-refractivity contribution in [2.24, 2.45) is 11.7 Å². The first-order valence-electron chi connectivity index (χ1n) is 7.30. The molecular formula is C16H22N2O3. The van der Waals surface area contributed by atoms with Gasteiger partial charge in [0.15, 0.2) is 0 Å². The van der Waals surface area contributed by atoms with Crippen molar-refractivity contribution in [3.8, 4) is 0 Å². The van der Waals surface area contributed by atoms with E-state index in [2.05, 4.69) is 11.8 Å². The van der Waals surface area contributed by atoms with Crippen molar-refractivity contribution in [2.45, 2.75) is 31.7 Å². The zero-order chi connectivity index (χ0) is 15.4. The lowest BCUT2D eigenvalue weighted by atomic mass is 9.90. The molecule has 1 aromatic rings. The number of carboxylic acid groups (broad SMARTS) is 1.